The summed E-state index contributed by atoms with van der Waals surface area (Å²) >= 11 is 5.92. The Morgan fingerprint density at radius 2 is 2.00 bits per heavy atom. The van der Waals surface area contributed by atoms with Crippen molar-refractivity contribution in [1.82, 2.24) is 4.98 Å². The first-order chi connectivity index (χ1) is 7.74. The smallest absolute Gasteiger partial charge is 0.131 e. The summed E-state index contributed by atoms with van der Waals surface area (Å²) in [6.45, 7) is 2.13. The third kappa shape index (κ3) is 1.68. The molecule has 1 aliphatic carbocycles. The van der Waals surface area contributed by atoms with Crippen LogP contribution in [0, 0.1) is 11.8 Å². The van der Waals surface area contributed by atoms with Gasteiger partial charge in [0.15, 0.2) is 0 Å². The summed E-state index contributed by atoms with van der Waals surface area (Å²) in [5, 5.41) is 0.569. The van der Waals surface area contributed by atoms with Crippen LogP contribution < -0.4 is 10.6 Å². The van der Waals surface area contributed by atoms with Gasteiger partial charge < -0.3 is 10.6 Å². The number of piperidine rings is 1. The van der Waals surface area contributed by atoms with E-state index in [-0.39, 0.29) is 0 Å². The van der Waals surface area contributed by atoms with Crippen molar-refractivity contribution < 1.29 is 0 Å². The van der Waals surface area contributed by atoms with Gasteiger partial charge >= 0.3 is 0 Å². The molecule has 2 atom stereocenters. The lowest BCUT2D eigenvalue weighted by molar-refractivity contribution is 0.356. The second-order valence-corrected chi connectivity index (χ2v) is 5.30. The molecule has 3 nitrogen and oxygen atoms in total. The summed E-state index contributed by atoms with van der Waals surface area (Å²) in [5.41, 5.74) is 7.37. The molecule has 16 heavy (non-hydrogen) atoms. The largest absolute Gasteiger partial charge is 0.371 e. The van der Waals surface area contributed by atoms with Crippen LogP contribution in [-0.2, 0) is 0 Å². The molecule has 1 saturated carbocycles. The molecule has 0 aromatic carbocycles. The summed E-state index contributed by atoms with van der Waals surface area (Å²) in [6, 6.07) is 4.38. The zero-order chi connectivity index (χ0) is 11.1. The van der Waals surface area contributed by atoms with Crippen LogP contribution in [0.3, 0.4) is 0 Å². The molecule has 1 aromatic heterocycles. The second-order valence-electron chi connectivity index (χ2n) is 4.92. The molecule has 2 unspecified atom stereocenters. The van der Waals surface area contributed by atoms with Crippen molar-refractivity contribution in [3.63, 3.8) is 0 Å². The summed E-state index contributed by atoms with van der Waals surface area (Å²) in [6.07, 6.45) is 4.33. The number of aromatic nitrogens is 1. The number of nitrogens with two attached hydrogens (primary N) is 1. The third-order valence-corrected chi connectivity index (χ3v) is 4.19. The van der Waals surface area contributed by atoms with E-state index in [9.17, 15) is 0 Å². The average molecular weight is 238 g/mol. The number of halogens is 1. The third-order valence-electron chi connectivity index (χ3n) is 3.98. The van der Waals surface area contributed by atoms with Gasteiger partial charge in [0.2, 0.25) is 0 Å². The first kappa shape index (κ1) is 10.4. The van der Waals surface area contributed by atoms with Gasteiger partial charge in [0.25, 0.3) is 0 Å². The first-order valence-electron chi connectivity index (χ1n) is 5.86. The van der Waals surface area contributed by atoms with Crippen molar-refractivity contribution in [1.29, 1.82) is 0 Å². The molecule has 2 aliphatic rings. The van der Waals surface area contributed by atoms with Gasteiger partial charge in [-0.25, -0.2) is 4.98 Å². The minimum Gasteiger partial charge on any atom is -0.371 e. The van der Waals surface area contributed by atoms with E-state index >= 15 is 0 Å². The molecule has 3 rings (SSSR count). The highest BCUT2D eigenvalue weighted by Gasteiger charge is 2.39. The predicted molar refractivity (Wildman–Crippen MR) is 65.6 cm³/mol. The van der Waals surface area contributed by atoms with Crippen LogP contribution in [0.1, 0.15) is 12.8 Å². The zero-order valence-corrected chi connectivity index (χ0v) is 9.90. The highest BCUT2D eigenvalue weighted by atomic mass is 35.5. The molecule has 1 saturated heterocycles. The van der Waals surface area contributed by atoms with Crippen LogP contribution in [0.4, 0.5) is 5.69 Å². The minimum atomic E-state index is 0.411. The molecule has 0 radical (unpaired) electrons. The molecule has 86 valence electrons. The molecule has 1 aliphatic heterocycles. The van der Waals surface area contributed by atoms with E-state index < -0.39 is 0 Å². The zero-order valence-electron chi connectivity index (χ0n) is 9.14. The number of fused-ring (bicyclic) bond motifs is 2. The van der Waals surface area contributed by atoms with E-state index in [1.807, 2.05) is 12.1 Å². The topological polar surface area (TPSA) is 42.1 Å². The highest BCUT2D eigenvalue weighted by molar-refractivity contribution is 6.29. The maximum atomic E-state index is 6.19. The van der Waals surface area contributed by atoms with Crippen molar-refractivity contribution in [2.45, 2.75) is 18.9 Å². The van der Waals surface area contributed by atoms with Crippen LogP contribution in [0.15, 0.2) is 18.3 Å². The fourth-order valence-electron chi connectivity index (χ4n) is 3.06. The highest BCUT2D eigenvalue weighted by Crippen LogP contribution is 2.37. The molecule has 2 bridgehead atoms. The maximum absolute atomic E-state index is 6.19. The lowest BCUT2D eigenvalue weighted by Gasteiger charge is -2.37. The molecule has 2 N–H and O–H groups in total. The van der Waals surface area contributed by atoms with Gasteiger partial charge in [-0.3, -0.25) is 0 Å². The number of hydrogen-bond donors (Lipinski definition) is 1. The van der Waals surface area contributed by atoms with Crippen LogP contribution >= 0.6 is 11.6 Å². The standard InChI is InChI=1S/C12H16ClN3/c13-11-5-10(3-4-15-11)16-6-8-1-2-9(7-16)12(8)14/h3-5,8-9,12H,1-2,6-7,14H2. The van der Waals surface area contributed by atoms with Crippen molar-refractivity contribution in [2.24, 2.45) is 17.6 Å². The Labute approximate surface area is 101 Å². The summed E-state index contributed by atoms with van der Waals surface area (Å²) in [5.74, 6) is 1.32. The van der Waals surface area contributed by atoms with Crippen molar-refractivity contribution in [3.05, 3.63) is 23.5 Å². The molecule has 4 heteroatoms. The number of nitrogens with zero attached hydrogens (tertiary/aromatic N) is 2. The van der Waals surface area contributed by atoms with E-state index in [2.05, 4.69) is 9.88 Å². The minimum absolute atomic E-state index is 0.411. The van der Waals surface area contributed by atoms with E-state index in [1.54, 1.807) is 6.20 Å². The number of rotatable bonds is 1. The monoisotopic (exact) mass is 237 g/mol. The van der Waals surface area contributed by atoms with Gasteiger partial charge in [0.1, 0.15) is 5.15 Å². The van der Waals surface area contributed by atoms with Crippen LogP contribution in [-0.4, -0.2) is 24.1 Å². The van der Waals surface area contributed by atoms with Gasteiger partial charge in [-0.05, 0) is 36.8 Å². The van der Waals surface area contributed by atoms with Gasteiger partial charge in [-0.1, -0.05) is 11.6 Å². The molecule has 2 fully saturated rings. The Morgan fingerprint density at radius 3 is 2.62 bits per heavy atom. The molecule has 0 amide bonds. The van der Waals surface area contributed by atoms with Crippen molar-refractivity contribution >= 4 is 17.3 Å². The normalized spacial score (nSPS) is 33.1. The first-order valence-corrected chi connectivity index (χ1v) is 6.24. The SMILES string of the molecule is NC1C2CCC1CN(c1ccnc(Cl)c1)C2. The summed E-state index contributed by atoms with van der Waals surface area (Å²) in [7, 11) is 0. The van der Waals surface area contributed by atoms with Crippen molar-refractivity contribution in [3.8, 4) is 0 Å². The van der Waals surface area contributed by atoms with E-state index in [4.69, 9.17) is 17.3 Å². The predicted octanol–water partition coefficient (Wildman–Crippen LogP) is 1.91. The fraction of sp³-hybridized carbons (Fsp3) is 0.583. The quantitative estimate of drug-likeness (QED) is 0.759. The lowest BCUT2D eigenvalue weighted by atomic mass is 9.93. The Balaban J connectivity index is 1.83. The molecular formula is C12H16ClN3. The van der Waals surface area contributed by atoms with Crippen LogP contribution in [0.2, 0.25) is 5.15 Å². The van der Waals surface area contributed by atoms with Gasteiger partial charge in [-0.15, -0.1) is 0 Å². The van der Waals surface area contributed by atoms with Gasteiger partial charge in [0, 0.05) is 31.0 Å². The van der Waals surface area contributed by atoms with E-state index in [1.165, 1.54) is 18.5 Å². The van der Waals surface area contributed by atoms with E-state index in [0.717, 1.165) is 13.1 Å². The molecule has 0 spiro atoms. The Bertz CT molecular complexity index is 382. The average Bonchev–Trinajstić information content (AvgIpc) is 2.53. The Kier molecular flexibility index (Phi) is 2.52. The number of anilines is 1. The Hall–Kier alpha value is -0.800. The second kappa shape index (κ2) is 3.90. The molecular weight excluding hydrogens is 222 g/mol. The number of pyridine rings is 1. The Morgan fingerprint density at radius 1 is 1.31 bits per heavy atom. The van der Waals surface area contributed by atoms with Gasteiger partial charge in [-0.2, -0.15) is 0 Å². The molecule has 2 heterocycles. The number of hydrogen-bond acceptors (Lipinski definition) is 3. The van der Waals surface area contributed by atoms with Crippen LogP contribution in [0.25, 0.3) is 0 Å². The van der Waals surface area contributed by atoms with Crippen molar-refractivity contribution in [2.75, 3.05) is 18.0 Å². The van der Waals surface area contributed by atoms with Crippen LogP contribution in [0.5, 0.6) is 0 Å². The van der Waals surface area contributed by atoms with E-state index in [0.29, 0.717) is 23.0 Å². The summed E-state index contributed by atoms with van der Waals surface area (Å²) in [4.78, 5) is 6.42. The lowest BCUT2D eigenvalue weighted by Crippen LogP contribution is -2.48. The molecule has 1 aromatic rings. The fourth-order valence-corrected chi connectivity index (χ4v) is 3.23. The summed E-state index contributed by atoms with van der Waals surface area (Å²) < 4.78 is 0. The maximum Gasteiger partial charge on any atom is 0.131 e. The van der Waals surface area contributed by atoms with Gasteiger partial charge in [0.05, 0.1) is 0 Å².